The molecule has 0 spiro atoms. The number of nitrogens with zero attached hydrogens (tertiary/aromatic N) is 1. The van der Waals surface area contributed by atoms with Gasteiger partial charge < -0.3 is 10.3 Å². The van der Waals surface area contributed by atoms with E-state index in [-0.39, 0.29) is 12.4 Å². The van der Waals surface area contributed by atoms with Crippen molar-refractivity contribution in [1.29, 1.82) is 0 Å². The van der Waals surface area contributed by atoms with Crippen LogP contribution in [0.4, 0.5) is 0 Å². The van der Waals surface area contributed by atoms with E-state index >= 15 is 0 Å². The van der Waals surface area contributed by atoms with Gasteiger partial charge in [-0.15, -0.1) is 12.4 Å². The van der Waals surface area contributed by atoms with Crippen LogP contribution in [0.5, 0.6) is 0 Å². The van der Waals surface area contributed by atoms with Gasteiger partial charge in [-0.25, -0.2) is 0 Å². The molecular weight excluding hydrogens is 416 g/mol. The lowest BCUT2D eigenvalue weighted by Crippen LogP contribution is -2.27. The highest BCUT2D eigenvalue weighted by atomic mass is 35.5. The summed E-state index contributed by atoms with van der Waals surface area (Å²) in [5.74, 6) is 2.55. The molecule has 4 rings (SSSR count). The molecule has 2 N–H and O–H groups in total. The van der Waals surface area contributed by atoms with Gasteiger partial charge in [0.15, 0.2) is 0 Å². The van der Waals surface area contributed by atoms with Gasteiger partial charge in [0.25, 0.3) is 0 Å². The van der Waals surface area contributed by atoms with Crippen molar-refractivity contribution in [1.82, 2.24) is 4.57 Å². The van der Waals surface area contributed by atoms with Crippen LogP contribution >= 0.6 is 12.4 Å². The standard InChI is InChI=1S/C28H42N2O.ClH/c1-20(2)26(17-24(31)16-21-12-14-23(29)15-13-21)27-19-30(18-22-8-4-3-5-9-22)28-11-7-6-10-25(27)28;/h6-7,10-11,19-23,26H,3-5,8-9,12-18,29H2,1-2H3;1H. The van der Waals surface area contributed by atoms with Gasteiger partial charge in [0, 0.05) is 42.5 Å². The van der Waals surface area contributed by atoms with E-state index in [0.717, 1.165) is 44.6 Å². The number of rotatable bonds is 8. The third-order valence-corrected chi connectivity index (χ3v) is 8.06. The Hall–Kier alpha value is -1.32. The van der Waals surface area contributed by atoms with Gasteiger partial charge in [-0.1, -0.05) is 51.3 Å². The average Bonchev–Trinajstić information content (AvgIpc) is 3.12. The molecule has 0 amide bonds. The molecule has 2 saturated carbocycles. The zero-order chi connectivity index (χ0) is 21.8. The number of aromatic nitrogens is 1. The predicted octanol–water partition coefficient (Wildman–Crippen LogP) is 7.25. The smallest absolute Gasteiger partial charge is 0.133 e. The van der Waals surface area contributed by atoms with E-state index in [1.807, 2.05) is 0 Å². The molecular formula is C28H43ClN2O. The van der Waals surface area contributed by atoms with Crippen molar-refractivity contribution in [3.63, 3.8) is 0 Å². The van der Waals surface area contributed by atoms with E-state index in [2.05, 4.69) is 48.9 Å². The van der Waals surface area contributed by atoms with E-state index < -0.39 is 0 Å². The molecule has 4 heteroatoms. The predicted molar refractivity (Wildman–Crippen MR) is 138 cm³/mol. The summed E-state index contributed by atoms with van der Waals surface area (Å²) < 4.78 is 2.50. The fraction of sp³-hybridized carbons (Fsp3) is 0.679. The highest BCUT2D eigenvalue weighted by Crippen LogP contribution is 2.37. The first-order valence-electron chi connectivity index (χ1n) is 12.9. The lowest BCUT2D eigenvalue weighted by atomic mass is 9.79. The van der Waals surface area contributed by atoms with Gasteiger partial charge in [0.05, 0.1) is 0 Å². The molecule has 1 atom stereocenters. The van der Waals surface area contributed by atoms with Crippen LogP contribution in [0, 0.1) is 17.8 Å². The summed E-state index contributed by atoms with van der Waals surface area (Å²) in [4.78, 5) is 13.1. The Morgan fingerprint density at radius 3 is 2.38 bits per heavy atom. The Kier molecular flexibility index (Phi) is 9.25. The lowest BCUT2D eigenvalue weighted by Gasteiger charge is -2.26. The molecule has 0 radical (unpaired) electrons. The minimum Gasteiger partial charge on any atom is -0.347 e. The number of carbonyl (C=O) groups is 1. The highest BCUT2D eigenvalue weighted by molar-refractivity contribution is 5.86. The van der Waals surface area contributed by atoms with Crippen molar-refractivity contribution in [2.45, 2.75) is 103 Å². The molecule has 1 heterocycles. The third-order valence-electron chi connectivity index (χ3n) is 8.06. The van der Waals surface area contributed by atoms with Crippen molar-refractivity contribution in [2.24, 2.45) is 23.5 Å². The zero-order valence-electron chi connectivity index (χ0n) is 20.1. The number of fused-ring (bicyclic) bond motifs is 1. The summed E-state index contributed by atoms with van der Waals surface area (Å²) in [6, 6.07) is 9.20. The van der Waals surface area contributed by atoms with Crippen LogP contribution in [-0.4, -0.2) is 16.4 Å². The molecule has 0 saturated heterocycles. The van der Waals surface area contributed by atoms with Crippen LogP contribution in [-0.2, 0) is 11.3 Å². The number of hydrogen-bond acceptors (Lipinski definition) is 2. The van der Waals surface area contributed by atoms with Crippen LogP contribution in [0.3, 0.4) is 0 Å². The maximum Gasteiger partial charge on any atom is 0.133 e. The number of para-hydroxylation sites is 1. The Morgan fingerprint density at radius 2 is 1.69 bits per heavy atom. The first kappa shape index (κ1) is 25.3. The van der Waals surface area contributed by atoms with Gasteiger partial charge >= 0.3 is 0 Å². The van der Waals surface area contributed by atoms with Crippen LogP contribution in [0.1, 0.15) is 96.0 Å². The average molecular weight is 459 g/mol. The number of ketones is 1. The maximum atomic E-state index is 13.1. The summed E-state index contributed by atoms with van der Waals surface area (Å²) in [6.07, 6.45) is 15.1. The van der Waals surface area contributed by atoms with E-state index in [4.69, 9.17) is 5.73 Å². The Labute approximate surface area is 200 Å². The highest BCUT2D eigenvalue weighted by Gasteiger charge is 2.27. The Morgan fingerprint density at radius 1 is 1.00 bits per heavy atom. The lowest BCUT2D eigenvalue weighted by molar-refractivity contribution is -0.120. The summed E-state index contributed by atoms with van der Waals surface area (Å²) >= 11 is 0. The van der Waals surface area contributed by atoms with E-state index in [1.165, 1.54) is 48.6 Å². The Balaban J connectivity index is 0.00000289. The second kappa shape index (κ2) is 11.7. The van der Waals surface area contributed by atoms with E-state index in [1.54, 1.807) is 0 Å². The second-order valence-electron chi connectivity index (χ2n) is 10.8. The first-order valence-corrected chi connectivity index (χ1v) is 12.9. The third kappa shape index (κ3) is 6.17. The van der Waals surface area contributed by atoms with Gasteiger partial charge in [0.2, 0.25) is 0 Å². The summed E-state index contributed by atoms with van der Waals surface area (Å²) in [7, 11) is 0. The minimum absolute atomic E-state index is 0. The summed E-state index contributed by atoms with van der Waals surface area (Å²) in [6.45, 7) is 5.69. The largest absolute Gasteiger partial charge is 0.347 e. The molecule has 2 aliphatic rings. The molecule has 1 unspecified atom stereocenters. The SMILES string of the molecule is CC(C)C(CC(=O)CC1CCC(N)CC1)c1cn(CC2CCCCC2)c2ccccc12.Cl. The van der Waals surface area contributed by atoms with Crippen LogP contribution in [0.15, 0.2) is 30.5 Å². The molecule has 1 aromatic heterocycles. The molecule has 0 bridgehead atoms. The number of Topliss-reactive ketones (excluding diaryl/α,β-unsaturated/α-hetero) is 1. The molecule has 2 fully saturated rings. The van der Waals surface area contributed by atoms with Crippen molar-refractivity contribution < 1.29 is 4.79 Å². The quantitative estimate of drug-likeness (QED) is 0.452. The summed E-state index contributed by atoms with van der Waals surface area (Å²) in [5, 5.41) is 1.36. The number of carbonyl (C=O) groups excluding carboxylic acids is 1. The fourth-order valence-corrected chi connectivity index (χ4v) is 6.12. The normalized spacial score (nSPS) is 23.2. The molecule has 2 aliphatic carbocycles. The van der Waals surface area contributed by atoms with E-state index in [9.17, 15) is 4.79 Å². The maximum absolute atomic E-state index is 13.1. The second-order valence-corrected chi connectivity index (χ2v) is 10.8. The van der Waals surface area contributed by atoms with Crippen molar-refractivity contribution in [3.8, 4) is 0 Å². The first-order chi connectivity index (χ1) is 15.0. The number of hydrogen-bond donors (Lipinski definition) is 1. The number of benzene rings is 1. The molecule has 0 aliphatic heterocycles. The van der Waals surface area contributed by atoms with Gasteiger partial charge in [-0.3, -0.25) is 4.79 Å². The van der Waals surface area contributed by atoms with E-state index in [0.29, 0.717) is 36.0 Å². The van der Waals surface area contributed by atoms with Crippen LogP contribution < -0.4 is 5.73 Å². The molecule has 178 valence electrons. The van der Waals surface area contributed by atoms with Gasteiger partial charge in [-0.2, -0.15) is 0 Å². The van der Waals surface area contributed by atoms with Crippen molar-refractivity contribution >= 4 is 29.1 Å². The molecule has 32 heavy (non-hydrogen) atoms. The zero-order valence-corrected chi connectivity index (χ0v) is 20.9. The van der Waals surface area contributed by atoms with Crippen molar-refractivity contribution in [3.05, 3.63) is 36.0 Å². The molecule has 3 nitrogen and oxygen atoms in total. The van der Waals surface area contributed by atoms with Gasteiger partial charge in [-0.05, 0) is 73.8 Å². The molecule has 1 aromatic carbocycles. The minimum atomic E-state index is 0. The Bertz CT molecular complexity index is 859. The van der Waals surface area contributed by atoms with Crippen LogP contribution in [0.2, 0.25) is 0 Å². The fourth-order valence-electron chi connectivity index (χ4n) is 6.12. The van der Waals surface area contributed by atoms with Crippen molar-refractivity contribution in [2.75, 3.05) is 0 Å². The topological polar surface area (TPSA) is 48.0 Å². The van der Waals surface area contributed by atoms with Gasteiger partial charge in [0.1, 0.15) is 5.78 Å². The molecule has 2 aromatic rings. The number of nitrogens with two attached hydrogens (primary N) is 1. The monoisotopic (exact) mass is 458 g/mol. The van der Waals surface area contributed by atoms with Crippen LogP contribution in [0.25, 0.3) is 10.9 Å². The summed E-state index contributed by atoms with van der Waals surface area (Å²) in [5.41, 5.74) is 8.80. The number of halogens is 1.